The van der Waals surface area contributed by atoms with Crippen LogP contribution >= 0.6 is 35.0 Å². The molecule has 0 radical (unpaired) electrons. The van der Waals surface area contributed by atoms with Crippen LogP contribution in [-0.4, -0.2) is 27.8 Å². The molecule has 1 amide bonds. The predicted molar refractivity (Wildman–Crippen MR) is 129 cm³/mol. The molecule has 8 heteroatoms. The van der Waals surface area contributed by atoms with Crippen LogP contribution < -0.4 is 10.9 Å². The molecule has 0 unspecified atom stereocenters. The number of amides is 1. The molecule has 0 saturated carbocycles. The quantitative estimate of drug-likeness (QED) is 0.243. The van der Waals surface area contributed by atoms with Crippen LogP contribution in [0.15, 0.2) is 52.4 Å². The van der Waals surface area contributed by atoms with Crippen LogP contribution in [0.5, 0.6) is 0 Å². The topological polar surface area (TPSA) is 64.0 Å². The first kappa shape index (κ1) is 23.6. The Balaban J connectivity index is 1.41. The van der Waals surface area contributed by atoms with E-state index in [-0.39, 0.29) is 11.5 Å². The zero-order chi connectivity index (χ0) is 22.2. The third-order valence-electron chi connectivity index (χ3n) is 4.90. The number of thioether (sulfide) groups is 1. The standard InChI is InChI=1S/C23H25Cl2N3O2S/c1-2-28-22(30)18-7-3-4-8-20(18)27-23(28)31-14-6-5-9-21(29)26-13-12-16-10-11-17(24)15-19(16)25/h3-4,7-8,10-11,15H,2,5-6,9,12-14H2,1H3,(H,26,29). The van der Waals surface area contributed by atoms with E-state index in [9.17, 15) is 9.59 Å². The fourth-order valence-electron chi connectivity index (χ4n) is 3.24. The molecule has 0 bridgehead atoms. The molecule has 5 nitrogen and oxygen atoms in total. The Hall–Kier alpha value is -2.02. The van der Waals surface area contributed by atoms with Gasteiger partial charge in [-0.2, -0.15) is 0 Å². The van der Waals surface area contributed by atoms with E-state index in [2.05, 4.69) is 10.3 Å². The van der Waals surface area contributed by atoms with Crippen LogP contribution in [0.25, 0.3) is 10.9 Å². The van der Waals surface area contributed by atoms with E-state index in [0.29, 0.717) is 41.4 Å². The summed E-state index contributed by atoms with van der Waals surface area (Å²) in [6.45, 7) is 3.07. The zero-order valence-corrected chi connectivity index (χ0v) is 19.7. The largest absolute Gasteiger partial charge is 0.356 e. The normalized spacial score (nSPS) is 11.1. The van der Waals surface area contributed by atoms with Crippen molar-refractivity contribution < 1.29 is 4.79 Å². The second kappa shape index (κ2) is 11.6. The molecule has 3 aromatic rings. The Morgan fingerprint density at radius 1 is 1.16 bits per heavy atom. The van der Waals surface area contributed by atoms with Gasteiger partial charge in [-0.15, -0.1) is 0 Å². The van der Waals surface area contributed by atoms with Gasteiger partial charge >= 0.3 is 0 Å². The summed E-state index contributed by atoms with van der Waals surface area (Å²) >= 11 is 13.6. The number of halogens is 2. The number of aromatic nitrogens is 2. The van der Waals surface area contributed by atoms with Crippen LogP contribution in [0.3, 0.4) is 0 Å². The van der Waals surface area contributed by atoms with Gasteiger partial charge in [-0.3, -0.25) is 14.2 Å². The maximum atomic E-state index is 12.6. The van der Waals surface area contributed by atoms with E-state index >= 15 is 0 Å². The summed E-state index contributed by atoms with van der Waals surface area (Å²) in [5.41, 5.74) is 1.68. The summed E-state index contributed by atoms with van der Waals surface area (Å²) < 4.78 is 1.71. The minimum atomic E-state index is -0.00392. The molecule has 1 heterocycles. The van der Waals surface area contributed by atoms with Crippen molar-refractivity contribution in [1.82, 2.24) is 14.9 Å². The van der Waals surface area contributed by atoms with Crippen molar-refractivity contribution in [2.45, 2.75) is 44.3 Å². The summed E-state index contributed by atoms with van der Waals surface area (Å²) in [6.07, 6.45) is 2.79. The summed E-state index contributed by atoms with van der Waals surface area (Å²) in [5, 5.41) is 5.53. The van der Waals surface area contributed by atoms with E-state index in [1.807, 2.05) is 37.3 Å². The van der Waals surface area contributed by atoms with Crippen LogP contribution in [-0.2, 0) is 17.8 Å². The number of carbonyl (C=O) groups excluding carboxylic acids is 1. The Morgan fingerprint density at radius 3 is 2.74 bits per heavy atom. The maximum Gasteiger partial charge on any atom is 0.262 e. The van der Waals surface area contributed by atoms with Gasteiger partial charge in [0, 0.05) is 35.3 Å². The molecule has 31 heavy (non-hydrogen) atoms. The van der Waals surface area contributed by atoms with Crippen LogP contribution in [0.2, 0.25) is 10.0 Å². The SMILES string of the molecule is CCn1c(SCCCCC(=O)NCCc2ccc(Cl)cc2Cl)nc2ccccc2c1=O. The molecule has 2 aromatic carbocycles. The van der Waals surface area contributed by atoms with Crippen molar-refractivity contribution >= 4 is 51.8 Å². The Kier molecular flexibility index (Phi) is 8.81. The van der Waals surface area contributed by atoms with Crippen LogP contribution in [0, 0.1) is 0 Å². The molecule has 0 aliphatic heterocycles. The molecule has 0 atom stereocenters. The zero-order valence-electron chi connectivity index (χ0n) is 17.4. The molecule has 3 rings (SSSR count). The molecule has 0 aliphatic carbocycles. The number of nitrogens with one attached hydrogen (secondary N) is 1. The van der Waals surface area contributed by atoms with Crippen LogP contribution in [0.1, 0.15) is 31.7 Å². The van der Waals surface area contributed by atoms with Gasteiger partial charge in [-0.05, 0) is 56.0 Å². The highest BCUT2D eigenvalue weighted by molar-refractivity contribution is 7.99. The van der Waals surface area contributed by atoms with E-state index in [0.717, 1.165) is 34.8 Å². The lowest BCUT2D eigenvalue weighted by atomic mass is 10.1. The van der Waals surface area contributed by atoms with Gasteiger partial charge in [0.2, 0.25) is 5.91 Å². The van der Waals surface area contributed by atoms with E-state index in [1.165, 1.54) is 0 Å². The Labute approximate surface area is 196 Å². The molecule has 0 saturated heterocycles. The molecular formula is C23H25Cl2N3O2S. The minimum absolute atomic E-state index is 0.00392. The first-order valence-electron chi connectivity index (χ1n) is 10.3. The number of hydrogen-bond acceptors (Lipinski definition) is 4. The number of rotatable bonds is 10. The Bertz CT molecular complexity index is 1120. The second-order valence-corrected chi connectivity index (χ2v) is 9.01. The third-order valence-corrected chi connectivity index (χ3v) is 6.55. The van der Waals surface area contributed by atoms with Crippen LogP contribution in [0.4, 0.5) is 0 Å². The van der Waals surface area contributed by atoms with Gasteiger partial charge in [0.1, 0.15) is 0 Å². The highest BCUT2D eigenvalue weighted by Gasteiger charge is 2.10. The van der Waals surface area contributed by atoms with Gasteiger partial charge in [0.25, 0.3) is 5.56 Å². The number of fused-ring (bicyclic) bond motifs is 1. The van der Waals surface area contributed by atoms with Crippen molar-refractivity contribution in [2.75, 3.05) is 12.3 Å². The first-order chi connectivity index (χ1) is 15.0. The number of para-hydroxylation sites is 1. The average Bonchev–Trinajstić information content (AvgIpc) is 2.75. The fourth-order valence-corrected chi connectivity index (χ4v) is 4.80. The third kappa shape index (κ3) is 6.48. The Morgan fingerprint density at radius 2 is 1.97 bits per heavy atom. The van der Waals surface area contributed by atoms with Crippen molar-refractivity contribution in [3.63, 3.8) is 0 Å². The maximum absolute atomic E-state index is 12.6. The number of carbonyl (C=O) groups is 1. The van der Waals surface area contributed by atoms with Gasteiger partial charge in [-0.25, -0.2) is 4.98 Å². The number of hydrogen-bond donors (Lipinski definition) is 1. The number of unbranched alkanes of at least 4 members (excludes halogenated alkanes) is 1. The average molecular weight is 478 g/mol. The van der Waals surface area contributed by atoms with Crippen molar-refractivity contribution in [1.29, 1.82) is 0 Å². The number of nitrogens with zero attached hydrogens (tertiary/aromatic N) is 2. The smallest absolute Gasteiger partial charge is 0.262 e. The first-order valence-corrected chi connectivity index (χ1v) is 12.1. The van der Waals surface area contributed by atoms with Crippen molar-refractivity contribution in [3.05, 3.63) is 68.4 Å². The second-order valence-electron chi connectivity index (χ2n) is 7.10. The summed E-state index contributed by atoms with van der Waals surface area (Å²) in [4.78, 5) is 29.4. The van der Waals surface area contributed by atoms with Gasteiger partial charge < -0.3 is 5.32 Å². The lowest BCUT2D eigenvalue weighted by molar-refractivity contribution is -0.121. The number of benzene rings is 2. The highest BCUT2D eigenvalue weighted by Crippen LogP contribution is 2.21. The molecular weight excluding hydrogens is 453 g/mol. The fraction of sp³-hybridized carbons (Fsp3) is 0.348. The van der Waals surface area contributed by atoms with E-state index < -0.39 is 0 Å². The van der Waals surface area contributed by atoms with Gasteiger partial charge in [0.15, 0.2) is 5.16 Å². The summed E-state index contributed by atoms with van der Waals surface area (Å²) in [5.74, 6) is 0.836. The van der Waals surface area contributed by atoms with Gasteiger partial charge in [-0.1, -0.05) is 53.2 Å². The molecule has 0 aliphatic rings. The van der Waals surface area contributed by atoms with E-state index in [4.69, 9.17) is 23.2 Å². The monoisotopic (exact) mass is 477 g/mol. The molecule has 0 fully saturated rings. The lowest BCUT2D eigenvalue weighted by Crippen LogP contribution is -2.25. The van der Waals surface area contributed by atoms with Crippen molar-refractivity contribution in [2.24, 2.45) is 0 Å². The molecule has 164 valence electrons. The lowest BCUT2D eigenvalue weighted by Gasteiger charge is -2.11. The molecule has 1 N–H and O–H groups in total. The van der Waals surface area contributed by atoms with E-state index in [1.54, 1.807) is 28.5 Å². The van der Waals surface area contributed by atoms with Gasteiger partial charge in [0.05, 0.1) is 10.9 Å². The summed E-state index contributed by atoms with van der Waals surface area (Å²) in [7, 11) is 0. The van der Waals surface area contributed by atoms with Crippen molar-refractivity contribution in [3.8, 4) is 0 Å². The summed E-state index contributed by atoms with van der Waals surface area (Å²) in [6, 6.07) is 12.8. The molecule has 0 spiro atoms. The molecule has 1 aromatic heterocycles. The predicted octanol–water partition coefficient (Wildman–Crippen LogP) is 5.34. The minimum Gasteiger partial charge on any atom is -0.356 e. The highest BCUT2D eigenvalue weighted by atomic mass is 35.5.